The van der Waals surface area contributed by atoms with E-state index in [1.54, 1.807) is 0 Å². The maximum atomic E-state index is 9.02. The molecule has 76 valence electrons. The summed E-state index contributed by atoms with van der Waals surface area (Å²) in [6.07, 6.45) is 7.52. The van der Waals surface area contributed by atoms with E-state index in [1.807, 2.05) is 0 Å². The first-order valence-corrected chi connectivity index (χ1v) is 5.08. The van der Waals surface area contributed by atoms with E-state index in [1.165, 1.54) is 31.7 Å². The molecule has 0 radical (unpaired) electrons. The van der Waals surface area contributed by atoms with Gasteiger partial charge >= 0.3 is 0 Å². The molecule has 1 fully saturated rings. The average Bonchev–Trinajstić information content (AvgIpc) is 2.23. The van der Waals surface area contributed by atoms with E-state index >= 15 is 0 Å². The van der Waals surface area contributed by atoms with Crippen LogP contribution in [0.1, 0.15) is 25.1 Å². The van der Waals surface area contributed by atoms with Gasteiger partial charge in [-0.25, -0.2) is 9.97 Å². The fourth-order valence-electron chi connectivity index (χ4n) is 1.77. The van der Waals surface area contributed by atoms with E-state index in [2.05, 4.69) is 15.3 Å². The van der Waals surface area contributed by atoms with Gasteiger partial charge in [-0.05, 0) is 19.4 Å². The molecule has 1 aromatic heterocycles. The van der Waals surface area contributed by atoms with Crippen LogP contribution in [0.25, 0.3) is 0 Å². The maximum absolute atomic E-state index is 9.02. The summed E-state index contributed by atoms with van der Waals surface area (Å²) in [5, 5.41) is 12.5. The Morgan fingerprint density at radius 1 is 1.36 bits per heavy atom. The molecule has 0 aliphatic carbocycles. The van der Waals surface area contributed by atoms with Gasteiger partial charge in [-0.15, -0.1) is 0 Å². The van der Waals surface area contributed by atoms with Crippen LogP contribution in [-0.2, 0) is 6.42 Å². The molecule has 0 bridgehead atoms. The minimum absolute atomic E-state index is 0.130. The Hall–Kier alpha value is -1.16. The summed E-state index contributed by atoms with van der Waals surface area (Å²) in [5.41, 5.74) is 0. The van der Waals surface area contributed by atoms with Crippen molar-refractivity contribution in [3.05, 3.63) is 18.2 Å². The monoisotopic (exact) mass is 193 g/mol. The van der Waals surface area contributed by atoms with Crippen LogP contribution in [0, 0.1) is 0 Å². The summed E-state index contributed by atoms with van der Waals surface area (Å²) in [6.45, 7) is 1.10. The molecule has 2 heterocycles. The van der Waals surface area contributed by atoms with E-state index in [0.29, 0.717) is 6.04 Å². The lowest BCUT2D eigenvalue weighted by atomic mass is 10.0. The minimum atomic E-state index is 0.130. The quantitative estimate of drug-likeness (QED) is 0.731. The SMILES string of the molecule is Oc1cnc(CC2CCCCN2)nc1. The third-order valence-electron chi connectivity index (χ3n) is 2.53. The number of aromatic nitrogens is 2. The van der Waals surface area contributed by atoms with Crippen molar-refractivity contribution in [1.29, 1.82) is 0 Å². The van der Waals surface area contributed by atoms with Crippen LogP contribution in [0.2, 0.25) is 0 Å². The third-order valence-corrected chi connectivity index (χ3v) is 2.53. The molecule has 4 heteroatoms. The Morgan fingerprint density at radius 3 is 2.79 bits per heavy atom. The summed E-state index contributed by atoms with van der Waals surface area (Å²) < 4.78 is 0. The largest absolute Gasteiger partial charge is 0.505 e. The highest BCUT2D eigenvalue weighted by molar-refractivity contribution is 5.10. The summed E-state index contributed by atoms with van der Waals surface area (Å²) in [7, 11) is 0. The lowest BCUT2D eigenvalue weighted by Crippen LogP contribution is -2.36. The maximum Gasteiger partial charge on any atom is 0.152 e. The van der Waals surface area contributed by atoms with Crippen LogP contribution in [0.4, 0.5) is 0 Å². The second-order valence-electron chi connectivity index (χ2n) is 3.71. The van der Waals surface area contributed by atoms with Crippen LogP contribution >= 0.6 is 0 Å². The first-order valence-electron chi connectivity index (χ1n) is 5.08. The molecule has 2 rings (SSSR count). The number of rotatable bonds is 2. The van der Waals surface area contributed by atoms with E-state index in [0.717, 1.165) is 18.8 Å². The zero-order valence-corrected chi connectivity index (χ0v) is 8.11. The molecular formula is C10H15N3O. The Bertz CT molecular complexity index is 280. The predicted molar refractivity (Wildman–Crippen MR) is 53.0 cm³/mol. The lowest BCUT2D eigenvalue weighted by molar-refractivity contribution is 0.393. The number of hydrogen-bond donors (Lipinski definition) is 2. The first kappa shape index (κ1) is 9.40. The molecule has 1 aliphatic rings. The van der Waals surface area contributed by atoms with Gasteiger partial charge in [-0.1, -0.05) is 6.42 Å². The average molecular weight is 193 g/mol. The fraction of sp³-hybridized carbons (Fsp3) is 0.600. The van der Waals surface area contributed by atoms with E-state index in [9.17, 15) is 0 Å². The Morgan fingerprint density at radius 2 is 2.14 bits per heavy atom. The molecular weight excluding hydrogens is 178 g/mol. The highest BCUT2D eigenvalue weighted by Crippen LogP contribution is 2.11. The molecule has 1 unspecified atom stereocenters. The first-order chi connectivity index (χ1) is 6.84. The van der Waals surface area contributed by atoms with Crippen molar-refractivity contribution >= 4 is 0 Å². The number of aromatic hydroxyl groups is 1. The van der Waals surface area contributed by atoms with Crippen molar-refractivity contribution in [2.75, 3.05) is 6.54 Å². The Labute approximate surface area is 83.4 Å². The number of nitrogens with one attached hydrogen (secondary N) is 1. The summed E-state index contributed by atoms with van der Waals surface area (Å²) in [6, 6.07) is 0.508. The zero-order valence-electron chi connectivity index (χ0n) is 8.11. The molecule has 4 nitrogen and oxygen atoms in total. The van der Waals surface area contributed by atoms with Crippen LogP contribution in [0.15, 0.2) is 12.4 Å². The lowest BCUT2D eigenvalue weighted by Gasteiger charge is -2.22. The van der Waals surface area contributed by atoms with Gasteiger partial charge < -0.3 is 10.4 Å². The molecule has 0 amide bonds. The van der Waals surface area contributed by atoms with Gasteiger partial charge in [-0.2, -0.15) is 0 Å². The normalized spacial score (nSPS) is 22.1. The van der Waals surface area contributed by atoms with Gasteiger partial charge in [0, 0.05) is 12.5 Å². The van der Waals surface area contributed by atoms with Crippen molar-refractivity contribution in [2.24, 2.45) is 0 Å². The van der Waals surface area contributed by atoms with Crippen molar-refractivity contribution in [3.63, 3.8) is 0 Å². The number of nitrogens with zero attached hydrogens (tertiary/aromatic N) is 2. The molecule has 1 aromatic rings. The highest BCUT2D eigenvalue weighted by Gasteiger charge is 2.13. The van der Waals surface area contributed by atoms with Gasteiger partial charge in [0.05, 0.1) is 12.4 Å². The number of hydrogen-bond acceptors (Lipinski definition) is 4. The molecule has 0 saturated carbocycles. The summed E-state index contributed by atoms with van der Waals surface area (Å²) in [5.74, 6) is 0.938. The summed E-state index contributed by atoms with van der Waals surface area (Å²) >= 11 is 0. The fourth-order valence-corrected chi connectivity index (χ4v) is 1.77. The van der Waals surface area contributed by atoms with Gasteiger partial charge in [0.15, 0.2) is 5.75 Å². The van der Waals surface area contributed by atoms with Gasteiger partial charge in [0.25, 0.3) is 0 Å². The topological polar surface area (TPSA) is 58.0 Å². The Kier molecular flexibility index (Phi) is 2.93. The van der Waals surface area contributed by atoms with Crippen molar-refractivity contribution in [1.82, 2.24) is 15.3 Å². The van der Waals surface area contributed by atoms with Crippen LogP contribution in [0.5, 0.6) is 5.75 Å². The Balaban J connectivity index is 1.92. The summed E-state index contributed by atoms with van der Waals surface area (Å²) in [4.78, 5) is 8.14. The molecule has 1 aliphatic heterocycles. The van der Waals surface area contributed by atoms with Crippen molar-refractivity contribution < 1.29 is 5.11 Å². The van der Waals surface area contributed by atoms with Gasteiger partial charge in [-0.3, -0.25) is 0 Å². The molecule has 14 heavy (non-hydrogen) atoms. The molecule has 0 aromatic carbocycles. The zero-order chi connectivity index (χ0) is 9.80. The second-order valence-corrected chi connectivity index (χ2v) is 3.71. The smallest absolute Gasteiger partial charge is 0.152 e. The predicted octanol–water partition coefficient (Wildman–Crippen LogP) is 0.867. The van der Waals surface area contributed by atoms with E-state index in [4.69, 9.17) is 5.11 Å². The molecule has 1 atom stereocenters. The van der Waals surface area contributed by atoms with Crippen LogP contribution in [0.3, 0.4) is 0 Å². The van der Waals surface area contributed by atoms with E-state index in [-0.39, 0.29) is 5.75 Å². The van der Waals surface area contributed by atoms with Gasteiger partial charge in [0.2, 0.25) is 0 Å². The van der Waals surface area contributed by atoms with Gasteiger partial charge in [0.1, 0.15) is 5.82 Å². The van der Waals surface area contributed by atoms with Crippen LogP contribution < -0.4 is 5.32 Å². The minimum Gasteiger partial charge on any atom is -0.505 e. The molecule has 0 spiro atoms. The van der Waals surface area contributed by atoms with Crippen molar-refractivity contribution in [3.8, 4) is 5.75 Å². The highest BCUT2D eigenvalue weighted by atomic mass is 16.3. The van der Waals surface area contributed by atoms with E-state index < -0.39 is 0 Å². The van der Waals surface area contributed by atoms with Crippen LogP contribution in [-0.4, -0.2) is 27.7 Å². The third kappa shape index (κ3) is 2.42. The standard InChI is InChI=1S/C10H15N3O/c14-9-6-12-10(13-7-9)5-8-3-1-2-4-11-8/h6-8,11,14H,1-5H2. The second kappa shape index (κ2) is 4.37. The molecule has 2 N–H and O–H groups in total. The molecule has 1 saturated heterocycles. The number of piperidine rings is 1. The van der Waals surface area contributed by atoms with Crippen molar-refractivity contribution in [2.45, 2.75) is 31.7 Å².